The van der Waals surface area contributed by atoms with Crippen LogP contribution < -0.4 is 21.5 Å². The molecule has 2 aromatic carbocycles. The zero-order valence-corrected chi connectivity index (χ0v) is 14.9. The van der Waals surface area contributed by atoms with E-state index in [1.54, 1.807) is 0 Å². The van der Waals surface area contributed by atoms with Crippen molar-refractivity contribution < 1.29 is 4.79 Å². The summed E-state index contributed by atoms with van der Waals surface area (Å²) in [6.07, 6.45) is 3.63. The Kier molecular flexibility index (Phi) is 4.91. The molecule has 0 radical (unpaired) electrons. The van der Waals surface area contributed by atoms with Crippen molar-refractivity contribution in [3.63, 3.8) is 0 Å². The van der Waals surface area contributed by atoms with Crippen LogP contribution in [0.1, 0.15) is 23.1 Å². The number of aryl methyl sites for hydroxylation is 2. The summed E-state index contributed by atoms with van der Waals surface area (Å²) in [5.41, 5.74) is 7.15. The number of rotatable bonds is 6. The summed E-state index contributed by atoms with van der Waals surface area (Å²) in [7, 11) is 0. The van der Waals surface area contributed by atoms with Gasteiger partial charge in [-0.2, -0.15) is 0 Å². The summed E-state index contributed by atoms with van der Waals surface area (Å²) >= 11 is 0. The van der Waals surface area contributed by atoms with Gasteiger partial charge in [0.1, 0.15) is 0 Å². The van der Waals surface area contributed by atoms with Gasteiger partial charge in [0.2, 0.25) is 5.91 Å². The molecule has 4 N–H and O–H groups in total. The lowest BCUT2D eigenvalue weighted by atomic mass is 10.0. The molecule has 0 spiro atoms. The van der Waals surface area contributed by atoms with Crippen LogP contribution in [-0.4, -0.2) is 31.1 Å². The number of hydrazine groups is 1. The molecule has 1 amide bonds. The summed E-state index contributed by atoms with van der Waals surface area (Å²) in [6.45, 7) is 2.26. The molecule has 0 aromatic heterocycles. The fourth-order valence-corrected chi connectivity index (χ4v) is 4.08. The lowest BCUT2D eigenvalue weighted by molar-refractivity contribution is -0.120. The molecule has 2 unspecified atom stereocenters. The fraction of sp³-hybridized carbons (Fsp3) is 0.381. The molecule has 5 nitrogen and oxygen atoms in total. The maximum atomic E-state index is 11.3. The smallest absolute Gasteiger partial charge is 0.238 e. The zero-order valence-electron chi connectivity index (χ0n) is 14.9. The van der Waals surface area contributed by atoms with E-state index in [0.717, 1.165) is 31.5 Å². The second-order valence-corrected chi connectivity index (χ2v) is 7.37. The number of nitrogens with one attached hydrogen (secondary N) is 2. The summed E-state index contributed by atoms with van der Waals surface area (Å²) < 4.78 is 0. The van der Waals surface area contributed by atoms with Crippen LogP contribution in [0.2, 0.25) is 0 Å². The molecule has 2 bridgehead atoms. The average Bonchev–Trinajstić information content (AvgIpc) is 3.31. The van der Waals surface area contributed by atoms with Crippen LogP contribution in [-0.2, 0) is 24.1 Å². The quantitative estimate of drug-likeness (QED) is 0.420. The number of fused-ring (bicyclic) bond motifs is 2. The van der Waals surface area contributed by atoms with E-state index >= 15 is 0 Å². The first kappa shape index (κ1) is 17.1. The topological polar surface area (TPSA) is 70.4 Å². The molecule has 2 atom stereocenters. The zero-order chi connectivity index (χ0) is 17.9. The van der Waals surface area contributed by atoms with Gasteiger partial charge >= 0.3 is 0 Å². The average molecular weight is 350 g/mol. The van der Waals surface area contributed by atoms with Gasteiger partial charge in [-0.15, -0.1) is 0 Å². The Labute approximate surface area is 154 Å². The third kappa shape index (κ3) is 3.74. The first-order chi connectivity index (χ1) is 12.7. The molecular weight excluding hydrogens is 324 g/mol. The van der Waals surface area contributed by atoms with Crippen molar-refractivity contribution in [3.05, 3.63) is 65.2 Å². The highest BCUT2D eigenvalue weighted by Crippen LogP contribution is 2.29. The Morgan fingerprint density at radius 1 is 1.04 bits per heavy atom. The van der Waals surface area contributed by atoms with E-state index in [0.29, 0.717) is 18.5 Å². The number of hydrogen-bond donors (Lipinski definition) is 3. The molecule has 136 valence electrons. The molecule has 2 saturated heterocycles. The number of nitrogens with zero attached hydrogens (tertiary/aromatic N) is 1. The molecule has 26 heavy (non-hydrogen) atoms. The Morgan fingerprint density at radius 2 is 1.65 bits per heavy atom. The van der Waals surface area contributed by atoms with E-state index < -0.39 is 0 Å². The standard InChI is InChI=1S/C21H26N4O/c22-24-21(26)11-17-5-3-15(4-6-17)1-2-16-7-9-19(10-8-16)25-14-18-12-20(25)13-23-18/h3-10,18,20,23H,1-2,11-14,22H2,(H,24,26). The van der Waals surface area contributed by atoms with E-state index in [1.807, 2.05) is 12.1 Å². The van der Waals surface area contributed by atoms with Crippen molar-refractivity contribution in [1.29, 1.82) is 0 Å². The Bertz CT molecular complexity index is 757. The number of carbonyl (C=O) groups excluding carboxylic acids is 1. The first-order valence-electron chi connectivity index (χ1n) is 9.37. The third-order valence-corrected chi connectivity index (χ3v) is 5.58. The summed E-state index contributed by atoms with van der Waals surface area (Å²) in [5.74, 6) is 4.96. The number of piperazine rings is 1. The van der Waals surface area contributed by atoms with Crippen molar-refractivity contribution in [2.45, 2.75) is 37.8 Å². The molecule has 5 heteroatoms. The Balaban J connectivity index is 1.31. The highest BCUT2D eigenvalue weighted by Gasteiger charge is 2.37. The number of anilines is 1. The largest absolute Gasteiger partial charge is 0.366 e. The van der Waals surface area contributed by atoms with Crippen LogP contribution in [0.15, 0.2) is 48.5 Å². The van der Waals surface area contributed by atoms with Gasteiger partial charge in [-0.3, -0.25) is 10.2 Å². The predicted octanol–water partition coefficient (Wildman–Crippen LogP) is 1.55. The molecule has 4 rings (SSSR count). The maximum Gasteiger partial charge on any atom is 0.238 e. The number of amides is 1. The minimum absolute atomic E-state index is 0.167. The van der Waals surface area contributed by atoms with Crippen LogP contribution in [0, 0.1) is 0 Å². The minimum Gasteiger partial charge on any atom is -0.366 e. The second-order valence-electron chi connectivity index (χ2n) is 7.37. The minimum atomic E-state index is -0.167. The molecule has 2 heterocycles. The number of hydrogen-bond acceptors (Lipinski definition) is 4. The molecule has 2 aromatic rings. The van der Waals surface area contributed by atoms with Crippen LogP contribution in [0.25, 0.3) is 0 Å². The van der Waals surface area contributed by atoms with E-state index in [2.05, 4.69) is 52.0 Å². The van der Waals surface area contributed by atoms with Crippen molar-refractivity contribution in [3.8, 4) is 0 Å². The Hall–Kier alpha value is -2.37. The van der Waals surface area contributed by atoms with E-state index in [4.69, 9.17) is 5.84 Å². The monoisotopic (exact) mass is 350 g/mol. The molecule has 2 aliphatic heterocycles. The lowest BCUT2D eigenvalue weighted by Gasteiger charge is -2.29. The third-order valence-electron chi connectivity index (χ3n) is 5.58. The van der Waals surface area contributed by atoms with Gasteiger partial charge in [-0.1, -0.05) is 36.4 Å². The normalized spacial score (nSPS) is 21.2. The van der Waals surface area contributed by atoms with Gasteiger partial charge in [0.25, 0.3) is 0 Å². The highest BCUT2D eigenvalue weighted by molar-refractivity contribution is 5.77. The SMILES string of the molecule is NNC(=O)Cc1ccc(CCc2ccc(N3CC4CC3CN4)cc2)cc1. The van der Waals surface area contributed by atoms with Crippen molar-refractivity contribution in [2.75, 3.05) is 18.0 Å². The lowest BCUT2D eigenvalue weighted by Crippen LogP contribution is -2.43. The molecular formula is C21H26N4O. The summed E-state index contributed by atoms with van der Waals surface area (Å²) in [6, 6.07) is 18.6. The number of nitrogens with two attached hydrogens (primary N) is 1. The van der Waals surface area contributed by atoms with E-state index in [9.17, 15) is 4.79 Å². The van der Waals surface area contributed by atoms with Crippen LogP contribution in [0.3, 0.4) is 0 Å². The number of carbonyl (C=O) groups is 1. The Morgan fingerprint density at radius 3 is 2.19 bits per heavy atom. The van der Waals surface area contributed by atoms with Gasteiger partial charge < -0.3 is 10.2 Å². The first-order valence-corrected chi connectivity index (χ1v) is 9.37. The fourth-order valence-electron chi connectivity index (χ4n) is 4.08. The van der Waals surface area contributed by atoms with Crippen LogP contribution in [0.5, 0.6) is 0 Å². The second kappa shape index (κ2) is 7.48. The van der Waals surface area contributed by atoms with Gasteiger partial charge in [0, 0.05) is 30.9 Å². The van der Waals surface area contributed by atoms with Crippen LogP contribution in [0.4, 0.5) is 5.69 Å². The van der Waals surface area contributed by atoms with Gasteiger partial charge in [0.05, 0.1) is 6.42 Å². The molecule has 2 fully saturated rings. The molecule has 0 saturated carbocycles. The predicted molar refractivity (Wildman–Crippen MR) is 104 cm³/mol. The van der Waals surface area contributed by atoms with Gasteiger partial charge in [-0.25, -0.2) is 5.84 Å². The van der Waals surface area contributed by atoms with Crippen LogP contribution >= 0.6 is 0 Å². The summed E-state index contributed by atoms with van der Waals surface area (Å²) in [5, 5.41) is 3.55. The van der Waals surface area contributed by atoms with E-state index in [-0.39, 0.29) is 5.91 Å². The van der Waals surface area contributed by atoms with Crippen molar-refractivity contribution >= 4 is 11.6 Å². The van der Waals surface area contributed by atoms with E-state index in [1.165, 1.54) is 23.2 Å². The van der Waals surface area contributed by atoms with Gasteiger partial charge in [-0.05, 0) is 48.1 Å². The summed E-state index contributed by atoms with van der Waals surface area (Å²) in [4.78, 5) is 13.8. The highest BCUT2D eigenvalue weighted by atomic mass is 16.2. The number of benzene rings is 2. The maximum absolute atomic E-state index is 11.3. The van der Waals surface area contributed by atoms with Gasteiger partial charge in [0.15, 0.2) is 0 Å². The molecule has 2 aliphatic rings. The van der Waals surface area contributed by atoms with Crippen molar-refractivity contribution in [1.82, 2.24) is 10.7 Å². The molecule has 0 aliphatic carbocycles. The van der Waals surface area contributed by atoms with Crippen molar-refractivity contribution in [2.24, 2.45) is 5.84 Å².